The number of rotatable bonds is 6. The van der Waals surface area contributed by atoms with Crippen molar-refractivity contribution in [1.82, 2.24) is 9.80 Å². The predicted octanol–water partition coefficient (Wildman–Crippen LogP) is 3.97. The highest BCUT2D eigenvalue weighted by atomic mass is 19.1. The Hall–Kier alpha value is -2.68. The molecule has 1 saturated heterocycles. The molecule has 1 N–H and O–H groups in total. The second kappa shape index (κ2) is 10.8. The Labute approximate surface area is 191 Å². The van der Waals surface area contributed by atoms with Gasteiger partial charge in [0.25, 0.3) is 5.91 Å². The third-order valence-electron chi connectivity index (χ3n) is 5.78. The minimum absolute atomic E-state index is 0.00419. The van der Waals surface area contributed by atoms with Crippen LogP contribution in [-0.4, -0.2) is 59.6 Å². The molecule has 1 aliphatic heterocycles. The molecule has 170 valence electrons. The molecule has 0 saturated carbocycles. The molecule has 2 aromatic rings. The van der Waals surface area contributed by atoms with Crippen molar-refractivity contribution >= 4 is 5.91 Å². The van der Waals surface area contributed by atoms with Crippen molar-refractivity contribution < 1.29 is 14.3 Å². The lowest BCUT2D eigenvalue weighted by Crippen LogP contribution is -2.42. The molecule has 5 heteroatoms. The zero-order valence-electron chi connectivity index (χ0n) is 19.3. The fourth-order valence-corrected chi connectivity index (χ4v) is 4.09. The standard InChI is InChI=1S/C27H33FN2O2/c1-27(2,32)16-14-21-10-12-24(13-11-21)26(31)29(3)19-22-7-6-17-30(20-22)18-15-23-8-4-5-9-25(23)28/h4-5,8-13,22,32H,6-7,15,17-20H2,1-3H3/t22-/m1/s1. The molecule has 2 aromatic carbocycles. The van der Waals surface area contributed by atoms with E-state index in [1.807, 2.05) is 31.3 Å². The van der Waals surface area contributed by atoms with Crippen molar-refractivity contribution in [2.45, 2.75) is 38.7 Å². The summed E-state index contributed by atoms with van der Waals surface area (Å²) in [7, 11) is 1.85. The van der Waals surface area contributed by atoms with E-state index in [9.17, 15) is 14.3 Å². The zero-order chi connectivity index (χ0) is 23.1. The molecule has 0 radical (unpaired) electrons. The number of carbonyl (C=O) groups excluding carboxylic acids is 1. The van der Waals surface area contributed by atoms with Crippen molar-refractivity contribution in [3.05, 3.63) is 71.0 Å². The van der Waals surface area contributed by atoms with Gasteiger partial charge in [0.05, 0.1) is 0 Å². The van der Waals surface area contributed by atoms with Gasteiger partial charge in [0, 0.05) is 37.8 Å². The maximum atomic E-state index is 13.9. The number of likely N-dealkylation sites (tertiary alicyclic amines) is 1. The highest BCUT2D eigenvalue weighted by molar-refractivity contribution is 5.94. The van der Waals surface area contributed by atoms with Crippen LogP contribution in [0.1, 0.15) is 48.2 Å². The first-order chi connectivity index (χ1) is 15.2. The van der Waals surface area contributed by atoms with Crippen LogP contribution in [-0.2, 0) is 6.42 Å². The largest absolute Gasteiger partial charge is 0.378 e. The molecule has 4 nitrogen and oxygen atoms in total. The van der Waals surface area contributed by atoms with Gasteiger partial charge in [0.2, 0.25) is 0 Å². The van der Waals surface area contributed by atoms with E-state index in [0.29, 0.717) is 24.4 Å². The summed E-state index contributed by atoms with van der Waals surface area (Å²) in [6.45, 7) is 6.77. The first-order valence-corrected chi connectivity index (χ1v) is 11.3. The summed E-state index contributed by atoms with van der Waals surface area (Å²) >= 11 is 0. The Morgan fingerprint density at radius 1 is 1.22 bits per heavy atom. The fraction of sp³-hybridized carbons (Fsp3) is 0.444. The molecule has 0 unspecified atom stereocenters. The summed E-state index contributed by atoms with van der Waals surface area (Å²) in [6, 6.07) is 14.2. The average molecular weight is 437 g/mol. The van der Waals surface area contributed by atoms with Crippen LogP contribution >= 0.6 is 0 Å². The molecule has 1 amide bonds. The van der Waals surface area contributed by atoms with Crippen molar-refractivity contribution in [2.75, 3.05) is 33.2 Å². The van der Waals surface area contributed by atoms with E-state index in [1.54, 1.807) is 36.9 Å². The number of benzene rings is 2. The maximum absolute atomic E-state index is 13.9. The maximum Gasteiger partial charge on any atom is 0.253 e. The van der Waals surface area contributed by atoms with E-state index in [4.69, 9.17) is 0 Å². The number of carbonyl (C=O) groups is 1. The van der Waals surface area contributed by atoms with Crippen molar-refractivity contribution in [3.63, 3.8) is 0 Å². The average Bonchev–Trinajstić information content (AvgIpc) is 2.77. The Balaban J connectivity index is 1.52. The smallest absolute Gasteiger partial charge is 0.253 e. The second-order valence-electron chi connectivity index (χ2n) is 9.22. The summed E-state index contributed by atoms with van der Waals surface area (Å²) < 4.78 is 13.9. The predicted molar refractivity (Wildman–Crippen MR) is 126 cm³/mol. The van der Waals surface area contributed by atoms with Crippen LogP contribution in [0.3, 0.4) is 0 Å². The molecule has 1 heterocycles. The molecule has 1 fully saturated rings. The van der Waals surface area contributed by atoms with Gasteiger partial charge in [0.15, 0.2) is 0 Å². The normalized spacial score (nSPS) is 16.8. The van der Waals surface area contributed by atoms with Crippen LogP contribution in [0, 0.1) is 23.6 Å². The molecule has 0 aromatic heterocycles. The van der Waals surface area contributed by atoms with Gasteiger partial charge < -0.3 is 14.9 Å². The van der Waals surface area contributed by atoms with E-state index in [1.165, 1.54) is 6.07 Å². The van der Waals surface area contributed by atoms with Crippen molar-refractivity contribution in [3.8, 4) is 11.8 Å². The minimum atomic E-state index is -1.04. The number of piperidine rings is 1. The highest BCUT2D eigenvalue weighted by Crippen LogP contribution is 2.19. The molecular weight excluding hydrogens is 403 g/mol. The van der Waals surface area contributed by atoms with Crippen LogP contribution in [0.2, 0.25) is 0 Å². The van der Waals surface area contributed by atoms with Gasteiger partial charge in [-0.1, -0.05) is 30.0 Å². The first kappa shape index (κ1) is 24.0. The molecule has 1 aliphatic rings. The molecule has 3 rings (SSSR count). The zero-order valence-corrected chi connectivity index (χ0v) is 19.3. The summed E-state index contributed by atoms with van der Waals surface area (Å²) in [5.41, 5.74) is 1.12. The van der Waals surface area contributed by atoms with Gasteiger partial charge in [-0.3, -0.25) is 4.79 Å². The summed E-state index contributed by atoms with van der Waals surface area (Å²) in [5, 5.41) is 9.72. The van der Waals surface area contributed by atoms with Crippen LogP contribution in [0.15, 0.2) is 48.5 Å². The highest BCUT2D eigenvalue weighted by Gasteiger charge is 2.23. The van der Waals surface area contributed by atoms with Crippen LogP contribution in [0.5, 0.6) is 0 Å². The Morgan fingerprint density at radius 2 is 1.94 bits per heavy atom. The molecule has 1 atom stereocenters. The topological polar surface area (TPSA) is 43.8 Å². The summed E-state index contributed by atoms with van der Waals surface area (Å²) in [6.07, 6.45) is 2.90. The van der Waals surface area contributed by atoms with Crippen LogP contribution < -0.4 is 0 Å². The van der Waals surface area contributed by atoms with Gasteiger partial charge in [-0.2, -0.15) is 0 Å². The Kier molecular flexibility index (Phi) is 8.06. The molecule has 0 bridgehead atoms. The number of aliphatic hydroxyl groups is 1. The lowest BCUT2D eigenvalue weighted by atomic mass is 9.96. The van der Waals surface area contributed by atoms with Gasteiger partial charge >= 0.3 is 0 Å². The minimum Gasteiger partial charge on any atom is -0.378 e. The van der Waals surface area contributed by atoms with Gasteiger partial charge in [-0.05, 0) is 81.5 Å². The number of hydrogen-bond donors (Lipinski definition) is 1. The third kappa shape index (κ3) is 7.19. The van der Waals surface area contributed by atoms with E-state index in [-0.39, 0.29) is 11.7 Å². The van der Waals surface area contributed by atoms with Crippen molar-refractivity contribution in [2.24, 2.45) is 5.92 Å². The van der Waals surface area contributed by atoms with Gasteiger partial charge in [-0.15, -0.1) is 0 Å². The fourth-order valence-electron chi connectivity index (χ4n) is 4.09. The van der Waals surface area contributed by atoms with E-state index >= 15 is 0 Å². The SMILES string of the molecule is CN(C[C@H]1CCCN(CCc2ccccc2F)C1)C(=O)c1ccc(C#CC(C)(C)O)cc1. The van der Waals surface area contributed by atoms with Crippen molar-refractivity contribution in [1.29, 1.82) is 0 Å². The third-order valence-corrected chi connectivity index (χ3v) is 5.78. The van der Waals surface area contributed by atoms with E-state index in [0.717, 1.165) is 43.6 Å². The van der Waals surface area contributed by atoms with E-state index in [2.05, 4.69) is 16.7 Å². The molecule has 0 aliphatic carbocycles. The quantitative estimate of drug-likeness (QED) is 0.697. The lowest BCUT2D eigenvalue weighted by molar-refractivity contribution is 0.0730. The van der Waals surface area contributed by atoms with Gasteiger partial charge in [0.1, 0.15) is 11.4 Å². The molecule has 32 heavy (non-hydrogen) atoms. The second-order valence-corrected chi connectivity index (χ2v) is 9.22. The number of amides is 1. The molecule has 0 spiro atoms. The Bertz CT molecular complexity index is 970. The van der Waals surface area contributed by atoms with E-state index < -0.39 is 5.60 Å². The van der Waals surface area contributed by atoms with Crippen LogP contribution in [0.25, 0.3) is 0 Å². The first-order valence-electron chi connectivity index (χ1n) is 11.3. The lowest BCUT2D eigenvalue weighted by Gasteiger charge is -2.34. The van der Waals surface area contributed by atoms with Gasteiger partial charge in [-0.25, -0.2) is 4.39 Å². The number of hydrogen-bond acceptors (Lipinski definition) is 3. The summed E-state index contributed by atoms with van der Waals surface area (Å²) in [5.74, 6) is 5.97. The van der Waals surface area contributed by atoms with Crippen LogP contribution in [0.4, 0.5) is 4.39 Å². The Morgan fingerprint density at radius 3 is 2.62 bits per heavy atom. The summed E-state index contributed by atoms with van der Waals surface area (Å²) in [4.78, 5) is 17.0. The molecular formula is C27H33FN2O2. The monoisotopic (exact) mass is 436 g/mol. The number of halogens is 1. The number of nitrogens with zero attached hydrogens (tertiary/aromatic N) is 2.